The molecule has 0 fully saturated rings. The number of imidazole rings is 1. The number of aryl methyl sites for hydroxylation is 1. The Morgan fingerprint density at radius 3 is 2.89 bits per heavy atom. The topological polar surface area (TPSA) is 52.1 Å². The SMILES string of the molecule is CCc1ccc2nc(C(C)N(C)CCO)[nH]c2c1. The number of aromatic nitrogens is 2. The molecule has 18 heavy (non-hydrogen) atoms. The van der Waals surface area contributed by atoms with Crippen LogP contribution in [-0.2, 0) is 6.42 Å². The average Bonchev–Trinajstić information content (AvgIpc) is 2.80. The van der Waals surface area contributed by atoms with Crippen molar-refractivity contribution in [3.63, 3.8) is 0 Å². The summed E-state index contributed by atoms with van der Waals surface area (Å²) in [6.07, 6.45) is 1.03. The summed E-state index contributed by atoms with van der Waals surface area (Å²) in [5.41, 5.74) is 3.41. The summed E-state index contributed by atoms with van der Waals surface area (Å²) in [5.74, 6) is 0.953. The van der Waals surface area contributed by atoms with E-state index < -0.39 is 0 Å². The van der Waals surface area contributed by atoms with E-state index in [4.69, 9.17) is 5.11 Å². The van der Waals surface area contributed by atoms with Crippen molar-refractivity contribution >= 4 is 11.0 Å². The van der Waals surface area contributed by atoms with E-state index in [9.17, 15) is 0 Å². The molecule has 0 amide bonds. The van der Waals surface area contributed by atoms with Crippen molar-refractivity contribution in [2.75, 3.05) is 20.2 Å². The van der Waals surface area contributed by atoms with Gasteiger partial charge in [0, 0.05) is 6.54 Å². The number of likely N-dealkylation sites (N-methyl/N-ethyl adjacent to an activating group) is 1. The molecule has 0 spiro atoms. The number of hydrogen-bond donors (Lipinski definition) is 2. The van der Waals surface area contributed by atoms with Gasteiger partial charge >= 0.3 is 0 Å². The highest BCUT2D eigenvalue weighted by Crippen LogP contribution is 2.20. The highest BCUT2D eigenvalue weighted by Gasteiger charge is 2.15. The molecular formula is C14H21N3O. The second-order valence-electron chi connectivity index (χ2n) is 4.71. The van der Waals surface area contributed by atoms with E-state index in [0.717, 1.165) is 23.3 Å². The molecule has 1 atom stereocenters. The molecule has 4 heteroatoms. The van der Waals surface area contributed by atoms with Crippen LogP contribution in [0.4, 0.5) is 0 Å². The van der Waals surface area contributed by atoms with E-state index in [1.807, 2.05) is 7.05 Å². The van der Waals surface area contributed by atoms with Gasteiger partial charge < -0.3 is 10.1 Å². The number of H-pyrrole nitrogens is 1. The first-order valence-corrected chi connectivity index (χ1v) is 6.45. The molecule has 98 valence electrons. The minimum atomic E-state index is 0.168. The summed E-state index contributed by atoms with van der Waals surface area (Å²) in [6.45, 7) is 5.06. The van der Waals surface area contributed by atoms with Crippen molar-refractivity contribution in [1.29, 1.82) is 0 Å². The first kappa shape index (κ1) is 13.1. The maximum Gasteiger partial charge on any atom is 0.124 e. The van der Waals surface area contributed by atoms with Gasteiger partial charge in [0.2, 0.25) is 0 Å². The Kier molecular flexibility index (Phi) is 3.99. The molecule has 2 aromatic rings. The Morgan fingerprint density at radius 1 is 1.44 bits per heavy atom. The van der Waals surface area contributed by atoms with Crippen LogP contribution in [0.2, 0.25) is 0 Å². The van der Waals surface area contributed by atoms with Crippen LogP contribution in [0.25, 0.3) is 11.0 Å². The van der Waals surface area contributed by atoms with Gasteiger partial charge in [-0.05, 0) is 38.1 Å². The smallest absolute Gasteiger partial charge is 0.124 e. The van der Waals surface area contributed by atoms with Crippen molar-refractivity contribution in [1.82, 2.24) is 14.9 Å². The normalized spacial score (nSPS) is 13.4. The average molecular weight is 247 g/mol. The van der Waals surface area contributed by atoms with Crippen LogP contribution in [0.3, 0.4) is 0 Å². The lowest BCUT2D eigenvalue weighted by Crippen LogP contribution is -2.26. The number of benzene rings is 1. The molecule has 0 aliphatic carbocycles. The van der Waals surface area contributed by atoms with E-state index in [2.05, 4.69) is 46.9 Å². The van der Waals surface area contributed by atoms with Crippen molar-refractivity contribution in [3.05, 3.63) is 29.6 Å². The molecular weight excluding hydrogens is 226 g/mol. The third-order valence-electron chi connectivity index (χ3n) is 3.48. The van der Waals surface area contributed by atoms with Crippen LogP contribution in [0.15, 0.2) is 18.2 Å². The number of hydrogen-bond acceptors (Lipinski definition) is 3. The van der Waals surface area contributed by atoms with Gasteiger partial charge in [0.1, 0.15) is 5.82 Å². The summed E-state index contributed by atoms with van der Waals surface area (Å²) in [5, 5.41) is 8.97. The summed E-state index contributed by atoms with van der Waals surface area (Å²) >= 11 is 0. The highest BCUT2D eigenvalue weighted by molar-refractivity contribution is 5.75. The fraction of sp³-hybridized carbons (Fsp3) is 0.500. The quantitative estimate of drug-likeness (QED) is 0.851. The summed E-state index contributed by atoms with van der Waals surface area (Å²) in [6, 6.07) is 6.52. The predicted molar refractivity (Wildman–Crippen MR) is 73.6 cm³/mol. The Hall–Kier alpha value is -1.39. The predicted octanol–water partition coefficient (Wildman–Crippen LogP) is 2.11. The minimum absolute atomic E-state index is 0.168. The number of aliphatic hydroxyl groups is 1. The fourth-order valence-electron chi connectivity index (χ4n) is 2.05. The lowest BCUT2D eigenvalue weighted by molar-refractivity contribution is 0.185. The van der Waals surface area contributed by atoms with Crippen molar-refractivity contribution in [2.45, 2.75) is 26.3 Å². The Balaban J connectivity index is 2.29. The summed E-state index contributed by atoms with van der Waals surface area (Å²) < 4.78 is 0. The monoisotopic (exact) mass is 247 g/mol. The molecule has 2 N–H and O–H groups in total. The third-order valence-corrected chi connectivity index (χ3v) is 3.48. The van der Waals surface area contributed by atoms with Gasteiger partial charge in [-0.1, -0.05) is 13.0 Å². The molecule has 1 heterocycles. The van der Waals surface area contributed by atoms with Crippen LogP contribution in [0.5, 0.6) is 0 Å². The number of aromatic amines is 1. The van der Waals surface area contributed by atoms with Gasteiger partial charge in [0.05, 0.1) is 23.7 Å². The molecule has 0 bridgehead atoms. The molecule has 4 nitrogen and oxygen atoms in total. The van der Waals surface area contributed by atoms with Crippen LogP contribution in [0, 0.1) is 0 Å². The van der Waals surface area contributed by atoms with Crippen molar-refractivity contribution < 1.29 is 5.11 Å². The van der Waals surface area contributed by atoms with Crippen molar-refractivity contribution in [3.8, 4) is 0 Å². The van der Waals surface area contributed by atoms with Crippen LogP contribution >= 0.6 is 0 Å². The zero-order valence-corrected chi connectivity index (χ0v) is 11.3. The third kappa shape index (κ3) is 2.54. The van der Waals surface area contributed by atoms with Crippen LogP contribution in [0.1, 0.15) is 31.3 Å². The number of nitrogens with zero attached hydrogens (tertiary/aromatic N) is 2. The number of rotatable bonds is 5. The van der Waals surface area contributed by atoms with E-state index in [0.29, 0.717) is 6.54 Å². The lowest BCUT2D eigenvalue weighted by Gasteiger charge is -2.21. The molecule has 0 saturated carbocycles. The second-order valence-corrected chi connectivity index (χ2v) is 4.71. The van der Waals surface area contributed by atoms with Gasteiger partial charge in [-0.2, -0.15) is 0 Å². The van der Waals surface area contributed by atoms with Gasteiger partial charge in [0.25, 0.3) is 0 Å². The number of aliphatic hydroxyl groups excluding tert-OH is 1. The number of nitrogens with one attached hydrogen (secondary N) is 1. The lowest BCUT2D eigenvalue weighted by atomic mass is 10.1. The molecule has 1 aromatic carbocycles. The van der Waals surface area contributed by atoms with Gasteiger partial charge in [-0.15, -0.1) is 0 Å². The highest BCUT2D eigenvalue weighted by atomic mass is 16.3. The first-order valence-electron chi connectivity index (χ1n) is 6.45. The van der Waals surface area contributed by atoms with Gasteiger partial charge in [0.15, 0.2) is 0 Å². The fourth-order valence-corrected chi connectivity index (χ4v) is 2.05. The second kappa shape index (κ2) is 5.50. The van der Waals surface area contributed by atoms with E-state index >= 15 is 0 Å². The Morgan fingerprint density at radius 2 is 2.22 bits per heavy atom. The maximum atomic E-state index is 8.97. The molecule has 0 radical (unpaired) electrons. The van der Waals surface area contributed by atoms with E-state index in [-0.39, 0.29) is 12.6 Å². The van der Waals surface area contributed by atoms with E-state index in [1.165, 1.54) is 5.56 Å². The zero-order valence-electron chi connectivity index (χ0n) is 11.3. The minimum Gasteiger partial charge on any atom is -0.395 e. The maximum absolute atomic E-state index is 8.97. The molecule has 0 aliphatic heterocycles. The van der Waals surface area contributed by atoms with Crippen LogP contribution < -0.4 is 0 Å². The summed E-state index contributed by atoms with van der Waals surface area (Å²) in [7, 11) is 1.99. The van der Waals surface area contributed by atoms with Gasteiger partial charge in [-0.25, -0.2) is 4.98 Å². The van der Waals surface area contributed by atoms with Crippen molar-refractivity contribution in [2.24, 2.45) is 0 Å². The number of fused-ring (bicyclic) bond motifs is 1. The van der Waals surface area contributed by atoms with Crippen LogP contribution in [-0.4, -0.2) is 40.2 Å². The first-order chi connectivity index (χ1) is 8.65. The standard InChI is InChI=1S/C14H21N3O/c1-4-11-5-6-12-13(9-11)16-14(15-12)10(2)17(3)7-8-18/h5-6,9-10,18H,4,7-8H2,1-3H3,(H,15,16). The molecule has 1 unspecified atom stereocenters. The molecule has 2 rings (SSSR count). The largest absolute Gasteiger partial charge is 0.395 e. The Labute approximate surface area is 108 Å². The zero-order chi connectivity index (χ0) is 13.1. The molecule has 0 aliphatic rings. The van der Waals surface area contributed by atoms with E-state index in [1.54, 1.807) is 0 Å². The molecule has 0 saturated heterocycles. The van der Waals surface area contributed by atoms with Gasteiger partial charge in [-0.3, -0.25) is 4.90 Å². The summed E-state index contributed by atoms with van der Waals surface area (Å²) in [4.78, 5) is 10.1. The molecule has 1 aromatic heterocycles. The Bertz CT molecular complexity index is 521.